The molecule has 0 atom stereocenters. The van der Waals surface area contributed by atoms with Crippen LogP contribution in [-0.2, 0) is 0 Å². The summed E-state index contributed by atoms with van der Waals surface area (Å²) < 4.78 is 0. The van der Waals surface area contributed by atoms with Gasteiger partial charge in [-0.25, -0.2) is 9.78 Å². The van der Waals surface area contributed by atoms with Gasteiger partial charge in [0.15, 0.2) is 5.69 Å². The van der Waals surface area contributed by atoms with Gasteiger partial charge in [-0.2, -0.15) is 0 Å². The molecule has 0 spiro atoms. The third kappa shape index (κ3) is 3.27. The number of carboxylic acid groups (broad SMARTS) is 1. The number of benzene rings is 1. The minimum atomic E-state index is -1.24. The lowest BCUT2D eigenvalue weighted by atomic mass is 10.1. The molecule has 0 amide bonds. The van der Waals surface area contributed by atoms with Crippen molar-refractivity contribution in [1.29, 1.82) is 0 Å². The van der Waals surface area contributed by atoms with E-state index in [9.17, 15) is 9.90 Å². The third-order valence-electron chi connectivity index (χ3n) is 2.35. The number of anilines is 1. The van der Waals surface area contributed by atoms with Gasteiger partial charge in [-0.1, -0.05) is 11.6 Å². The molecular weight excluding hydrogens is 280 g/mol. The number of pyridine rings is 1. The number of hydrogen-bond acceptors (Lipinski definition) is 4. The van der Waals surface area contributed by atoms with E-state index < -0.39 is 5.97 Å². The standard InChI is InChI=1S/C12H9ClN2O3.C2H4/c13-10-8(14)5-9(15-11(10)12(17)18)6-1-3-7(16)4-2-6;1-2/h1-5,16H,(H2,14,15)(H,17,18);1-2H2. The number of hydrogen-bond donors (Lipinski definition) is 3. The minimum absolute atomic E-state index is 0.0787. The van der Waals surface area contributed by atoms with E-state index in [0.717, 1.165) is 0 Å². The highest BCUT2D eigenvalue weighted by Crippen LogP contribution is 2.28. The molecule has 2 rings (SSSR count). The molecule has 0 unspecified atom stereocenters. The molecule has 0 aliphatic heterocycles. The van der Waals surface area contributed by atoms with E-state index in [4.69, 9.17) is 22.4 Å². The zero-order valence-electron chi connectivity index (χ0n) is 10.5. The van der Waals surface area contributed by atoms with Crippen molar-refractivity contribution in [3.8, 4) is 17.0 Å². The second-order valence-electron chi connectivity index (χ2n) is 3.61. The van der Waals surface area contributed by atoms with Crippen molar-refractivity contribution < 1.29 is 15.0 Å². The fourth-order valence-corrected chi connectivity index (χ4v) is 1.65. The number of nitrogens with two attached hydrogens (primary N) is 1. The third-order valence-corrected chi connectivity index (χ3v) is 2.75. The number of nitrogens with zero attached hydrogens (tertiary/aromatic N) is 1. The van der Waals surface area contributed by atoms with Gasteiger partial charge in [0.05, 0.1) is 16.4 Å². The second kappa shape index (κ2) is 6.58. The van der Waals surface area contributed by atoms with Gasteiger partial charge in [0.2, 0.25) is 0 Å². The predicted octanol–water partition coefficient (Wildman–Crippen LogP) is 3.19. The molecular formula is C14H13ClN2O3. The first-order valence-electron chi connectivity index (χ1n) is 5.47. The Balaban J connectivity index is 0.000000956. The van der Waals surface area contributed by atoms with Crippen molar-refractivity contribution in [2.75, 3.05) is 5.73 Å². The highest BCUT2D eigenvalue weighted by Gasteiger charge is 2.15. The van der Waals surface area contributed by atoms with Crippen LogP contribution in [0.3, 0.4) is 0 Å². The number of rotatable bonds is 2. The van der Waals surface area contributed by atoms with Crippen molar-refractivity contribution in [2.45, 2.75) is 0 Å². The number of nitrogen functional groups attached to an aromatic ring is 1. The van der Waals surface area contributed by atoms with E-state index in [1.165, 1.54) is 18.2 Å². The van der Waals surface area contributed by atoms with Crippen LogP contribution in [0.1, 0.15) is 10.5 Å². The van der Waals surface area contributed by atoms with Crippen LogP contribution in [0, 0.1) is 0 Å². The molecule has 0 fully saturated rings. The molecule has 6 heteroatoms. The van der Waals surface area contributed by atoms with Crippen LogP contribution in [0.25, 0.3) is 11.3 Å². The SMILES string of the molecule is C=C.Nc1cc(-c2ccc(O)cc2)nc(C(=O)O)c1Cl. The summed E-state index contributed by atoms with van der Waals surface area (Å²) in [5.74, 6) is -1.13. The van der Waals surface area contributed by atoms with E-state index in [0.29, 0.717) is 11.3 Å². The molecule has 4 N–H and O–H groups in total. The maximum atomic E-state index is 11.0. The molecule has 0 radical (unpaired) electrons. The zero-order valence-corrected chi connectivity index (χ0v) is 11.3. The first kappa shape index (κ1) is 15.5. The maximum absolute atomic E-state index is 11.0. The number of carbonyl (C=O) groups is 1. The average Bonchev–Trinajstić information content (AvgIpc) is 2.44. The van der Waals surface area contributed by atoms with Crippen LogP contribution in [0.15, 0.2) is 43.5 Å². The number of phenolic OH excluding ortho intramolecular Hbond substituents is 1. The molecule has 104 valence electrons. The first-order valence-corrected chi connectivity index (χ1v) is 5.85. The van der Waals surface area contributed by atoms with Crippen LogP contribution in [-0.4, -0.2) is 21.2 Å². The lowest BCUT2D eigenvalue weighted by Gasteiger charge is -2.07. The molecule has 1 aromatic heterocycles. The first-order chi connectivity index (χ1) is 9.49. The van der Waals surface area contributed by atoms with Gasteiger partial charge >= 0.3 is 5.97 Å². The Morgan fingerprint density at radius 2 is 1.80 bits per heavy atom. The van der Waals surface area contributed by atoms with Crippen LogP contribution in [0.5, 0.6) is 5.75 Å². The molecule has 1 aromatic carbocycles. The van der Waals surface area contributed by atoms with Gasteiger partial charge in [-0.15, -0.1) is 13.2 Å². The van der Waals surface area contributed by atoms with Crippen molar-refractivity contribution in [3.63, 3.8) is 0 Å². The molecule has 0 aliphatic rings. The predicted molar refractivity (Wildman–Crippen MR) is 79.0 cm³/mol. The fourth-order valence-electron chi connectivity index (χ4n) is 1.47. The van der Waals surface area contributed by atoms with E-state index in [1.54, 1.807) is 12.1 Å². The summed E-state index contributed by atoms with van der Waals surface area (Å²) in [4.78, 5) is 14.9. The summed E-state index contributed by atoms with van der Waals surface area (Å²) in [6, 6.07) is 7.65. The number of aromatic nitrogens is 1. The monoisotopic (exact) mass is 292 g/mol. The number of aromatic hydroxyl groups is 1. The Bertz CT molecular complexity index is 627. The lowest BCUT2D eigenvalue weighted by molar-refractivity contribution is 0.0691. The molecule has 0 saturated heterocycles. The molecule has 0 aliphatic carbocycles. The lowest BCUT2D eigenvalue weighted by Crippen LogP contribution is -2.05. The van der Waals surface area contributed by atoms with E-state index >= 15 is 0 Å². The molecule has 5 nitrogen and oxygen atoms in total. The Morgan fingerprint density at radius 1 is 1.25 bits per heavy atom. The number of halogens is 1. The molecule has 1 heterocycles. The maximum Gasteiger partial charge on any atom is 0.356 e. The van der Waals surface area contributed by atoms with Crippen molar-refractivity contribution >= 4 is 23.3 Å². The molecule has 2 aromatic rings. The largest absolute Gasteiger partial charge is 0.508 e. The summed E-state index contributed by atoms with van der Waals surface area (Å²) in [6.45, 7) is 6.00. The van der Waals surface area contributed by atoms with Gasteiger partial charge in [0.25, 0.3) is 0 Å². The topological polar surface area (TPSA) is 96.4 Å². The second-order valence-corrected chi connectivity index (χ2v) is 3.99. The molecule has 20 heavy (non-hydrogen) atoms. The number of phenols is 1. The number of aromatic carboxylic acids is 1. The Labute approximate surface area is 121 Å². The summed E-state index contributed by atoms with van der Waals surface area (Å²) in [7, 11) is 0. The van der Waals surface area contributed by atoms with Gasteiger partial charge in [-0.05, 0) is 30.3 Å². The summed E-state index contributed by atoms with van der Waals surface area (Å²) in [5, 5.41) is 18.1. The summed E-state index contributed by atoms with van der Waals surface area (Å²) >= 11 is 5.76. The smallest absolute Gasteiger partial charge is 0.356 e. The van der Waals surface area contributed by atoms with E-state index in [2.05, 4.69) is 18.1 Å². The summed E-state index contributed by atoms with van der Waals surface area (Å²) in [6.07, 6.45) is 0. The van der Waals surface area contributed by atoms with Crippen molar-refractivity contribution in [3.05, 3.63) is 54.2 Å². The van der Waals surface area contributed by atoms with Gasteiger partial charge in [-0.3, -0.25) is 0 Å². The zero-order chi connectivity index (χ0) is 15.3. The van der Waals surface area contributed by atoms with E-state index in [1.807, 2.05) is 0 Å². The van der Waals surface area contributed by atoms with E-state index in [-0.39, 0.29) is 22.2 Å². The Hall–Kier alpha value is -2.53. The van der Waals surface area contributed by atoms with Gasteiger partial charge < -0.3 is 15.9 Å². The quantitative estimate of drug-likeness (QED) is 0.739. The Morgan fingerprint density at radius 3 is 2.30 bits per heavy atom. The summed E-state index contributed by atoms with van der Waals surface area (Å²) in [5.41, 5.74) is 6.52. The van der Waals surface area contributed by atoms with Crippen LogP contribution in [0.4, 0.5) is 5.69 Å². The Kier molecular flexibility index (Phi) is 5.11. The van der Waals surface area contributed by atoms with Crippen LogP contribution < -0.4 is 5.73 Å². The van der Waals surface area contributed by atoms with Crippen LogP contribution in [0.2, 0.25) is 5.02 Å². The molecule has 0 saturated carbocycles. The minimum Gasteiger partial charge on any atom is -0.508 e. The van der Waals surface area contributed by atoms with Gasteiger partial charge in [0.1, 0.15) is 5.75 Å². The highest BCUT2D eigenvalue weighted by molar-refractivity contribution is 6.35. The normalized spacial score (nSPS) is 9.45. The van der Waals surface area contributed by atoms with Crippen LogP contribution >= 0.6 is 11.6 Å². The average molecular weight is 293 g/mol. The van der Waals surface area contributed by atoms with Crippen molar-refractivity contribution in [2.24, 2.45) is 0 Å². The fraction of sp³-hybridized carbons (Fsp3) is 0. The number of carboxylic acids is 1. The van der Waals surface area contributed by atoms with Crippen molar-refractivity contribution in [1.82, 2.24) is 4.98 Å². The highest BCUT2D eigenvalue weighted by atomic mass is 35.5. The molecule has 0 bridgehead atoms. The van der Waals surface area contributed by atoms with Gasteiger partial charge in [0, 0.05) is 5.56 Å².